The molecule has 0 unspecified atom stereocenters. The lowest BCUT2D eigenvalue weighted by molar-refractivity contribution is -0.113. The van der Waals surface area contributed by atoms with E-state index in [1.165, 1.54) is 17.8 Å². The molecule has 3 rings (SSSR count). The fourth-order valence-electron chi connectivity index (χ4n) is 3.81. The maximum absolute atomic E-state index is 13.0. The van der Waals surface area contributed by atoms with Crippen molar-refractivity contribution in [2.24, 2.45) is 5.92 Å². The van der Waals surface area contributed by atoms with Crippen LogP contribution >= 0.6 is 35.0 Å². The Morgan fingerprint density at radius 3 is 2.54 bits per heavy atom. The first-order valence-electron chi connectivity index (χ1n) is 11.9. The molecule has 11 heteroatoms. The summed E-state index contributed by atoms with van der Waals surface area (Å²) in [5.74, 6) is 1.12. The van der Waals surface area contributed by atoms with E-state index in [1.807, 2.05) is 36.6 Å². The number of benzene rings is 2. The topological polar surface area (TPSA) is 98.1 Å². The summed E-state index contributed by atoms with van der Waals surface area (Å²) in [5.41, 5.74) is 1.96. The van der Waals surface area contributed by atoms with E-state index in [2.05, 4.69) is 34.7 Å². The van der Waals surface area contributed by atoms with Crippen LogP contribution in [0.2, 0.25) is 10.0 Å². The maximum Gasteiger partial charge on any atom is 0.253 e. The zero-order valence-corrected chi connectivity index (χ0v) is 23.8. The fourth-order valence-corrected chi connectivity index (χ4v) is 5.11. The zero-order chi connectivity index (χ0) is 27.1. The van der Waals surface area contributed by atoms with Crippen LogP contribution in [0.15, 0.2) is 41.6 Å². The molecule has 2 N–H and O–H groups in total. The van der Waals surface area contributed by atoms with Crippen LogP contribution < -0.4 is 15.4 Å². The van der Waals surface area contributed by atoms with Gasteiger partial charge in [-0.3, -0.25) is 9.59 Å². The Kier molecular flexibility index (Phi) is 10.3. The van der Waals surface area contributed by atoms with E-state index in [4.69, 9.17) is 27.9 Å². The van der Waals surface area contributed by atoms with E-state index in [1.54, 1.807) is 19.2 Å². The van der Waals surface area contributed by atoms with E-state index in [0.717, 1.165) is 5.56 Å². The smallest absolute Gasteiger partial charge is 0.253 e. The van der Waals surface area contributed by atoms with E-state index < -0.39 is 6.04 Å². The normalized spacial score (nSPS) is 11.9. The highest BCUT2D eigenvalue weighted by Crippen LogP contribution is 2.28. The van der Waals surface area contributed by atoms with Gasteiger partial charge in [0.15, 0.2) is 11.0 Å². The van der Waals surface area contributed by atoms with Gasteiger partial charge in [-0.1, -0.05) is 54.9 Å². The summed E-state index contributed by atoms with van der Waals surface area (Å²) in [7, 11) is 1.56. The van der Waals surface area contributed by atoms with Crippen molar-refractivity contribution in [1.82, 2.24) is 20.1 Å². The van der Waals surface area contributed by atoms with Crippen molar-refractivity contribution in [2.45, 2.75) is 51.9 Å². The van der Waals surface area contributed by atoms with Crippen LogP contribution in [0.5, 0.6) is 5.75 Å². The van der Waals surface area contributed by atoms with E-state index in [0.29, 0.717) is 46.0 Å². The van der Waals surface area contributed by atoms with Crippen LogP contribution in [-0.4, -0.2) is 39.4 Å². The molecule has 3 aromatic rings. The van der Waals surface area contributed by atoms with Crippen molar-refractivity contribution in [3.05, 3.63) is 63.4 Å². The number of nitrogens with zero attached hydrogens (tertiary/aromatic N) is 3. The summed E-state index contributed by atoms with van der Waals surface area (Å²) in [6, 6.07) is 9.96. The van der Waals surface area contributed by atoms with Gasteiger partial charge in [0.25, 0.3) is 5.91 Å². The molecule has 0 radical (unpaired) electrons. The molecule has 0 aliphatic rings. The number of aromatic nitrogens is 3. The van der Waals surface area contributed by atoms with Crippen LogP contribution in [0.1, 0.15) is 55.0 Å². The largest absolute Gasteiger partial charge is 0.495 e. The van der Waals surface area contributed by atoms with Crippen LogP contribution in [0.3, 0.4) is 0 Å². The molecule has 1 heterocycles. The van der Waals surface area contributed by atoms with Gasteiger partial charge in [0.1, 0.15) is 5.75 Å². The van der Waals surface area contributed by atoms with Crippen LogP contribution in [-0.2, 0) is 11.3 Å². The van der Waals surface area contributed by atoms with Gasteiger partial charge in [0.05, 0.1) is 35.2 Å². The average Bonchev–Trinajstić information content (AvgIpc) is 3.25. The molecular weight excluding hydrogens is 533 g/mol. The maximum atomic E-state index is 13.0. The van der Waals surface area contributed by atoms with Gasteiger partial charge in [-0.2, -0.15) is 0 Å². The summed E-state index contributed by atoms with van der Waals surface area (Å²) in [4.78, 5) is 25.7. The highest BCUT2D eigenvalue weighted by molar-refractivity contribution is 7.99. The Hall–Kier alpha value is -2.75. The second-order valence-electron chi connectivity index (χ2n) is 8.91. The van der Waals surface area contributed by atoms with Gasteiger partial charge < -0.3 is 19.9 Å². The predicted molar refractivity (Wildman–Crippen MR) is 149 cm³/mol. The van der Waals surface area contributed by atoms with Gasteiger partial charge >= 0.3 is 0 Å². The lowest BCUT2D eigenvalue weighted by Gasteiger charge is -2.21. The Labute approximate surface area is 231 Å². The molecule has 37 heavy (non-hydrogen) atoms. The average molecular weight is 565 g/mol. The molecule has 1 atom stereocenters. The molecule has 0 fully saturated rings. The Morgan fingerprint density at radius 2 is 1.89 bits per heavy atom. The minimum atomic E-state index is -0.397. The molecule has 0 aliphatic heterocycles. The number of hydrogen-bond donors (Lipinski definition) is 2. The molecule has 0 spiro atoms. The number of ether oxygens (including phenoxy) is 1. The first-order valence-corrected chi connectivity index (χ1v) is 13.6. The lowest BCUT2D eigenvalue weighted by atomic mass is 10.0. The fraction of sp³-hybridized carbons (Fsp3) is 0.385. The van der Waals surface area contributed by atoms with Crippen molar-refractivity contribution < 1.29 is 14.3 Å². The molecule has 8 nitrogen and oxygen atoms in total. The van der Waals surface area contributed by atoms with Gasteiger partial charge in [-0.05, 0) is 62.1 Å². The van der Waals surface area contributed by atoms with Gasteiger partial charge in [-0.15, -0.1) is 10.2 Å². The number of aryl methyl sites for hydroxylation is 1. The predicted octanol–water partition coefficient (Wildman–Crippen LogP) is 6.17. The number of amides is 2. The van der Waals surface area contributed by atoms with Crippen molar-refractivity contribution in [3.63, 3.8) is 0 Å². The van der Waals surface area contributed by atoms with Gasteiger partial charge in [0, 0.05) is 11.6 Å². The summed E-state index contributed by atoms with van der Waals surface area (Å²) in [6.07, 6.45) is 0.646. The molecule has 198 valence electrons. The third-order valence-corrected chi connectivity index (χ3v) is 7.04. The Morgan fingerprint density at radius 1 is 1.14 bits per heavy atom. The van der Waals surface area contributed by atoms with E-state index in [9.17, 15) is 9.59 Å². The first kappa shape index (κ1) is 28.8. The highest BCUT2D eigenvalue weighted by atomic mass is 35.5. The van der Waals surface area contributed by atoms with Gasteiger partial charge in [0.2, 0.25) is 5.91 Å². The van der Waals surface area contributed by atoms with Crippen molar-refractivity contribution in [3.8, 4) is 5.75 Å². The van der Waals surface area contributed by atoms with Crippen molar-refractivity contribution in [1.29, 1.82) is 0 Å². The molecule has 1 aromatic heterocycles. The number of methoxy groups -OCH3 is 1. The Balaban J connectivity index is 1.76. The Bertz CT molecular complexity index is 1270. The second-order valence-corrected chi connectivity index (χ2v) is 10.7. The summed E-state index contributed by atoms with van der Waals surface area (Å²) >= 11 is 13.5. The third kappa shape index (κ3) is 7.63. The zero-order valence-electron chi connectivity index (χ0n) is 21.5. The monoisotopic (exact) mass is 563 g/mol. The molecule has 0 saturated carbocycles. The quantitative estimate of drug-likeness (QED) is 0.271. The molecule has 2 aromatic carbocycles. The number of anilines is 1. The van der Waals surface area contributed by atoms with Crippen molar-refractivity contribution >= 4 is 52.5 Å². The SMILES string of the molecule is CCn1c(SCC(=O)Nc2cc(C)ccc2OC)nnc1[C@H](CC(C)C)NC(=O)c1ccc(Cl)cc1Cl. The summed E-state index contributed by atoms with van der Waals surface area (Å²) in [6.45, 7) is 8.63. The van der Waals surface area contributed by atoms with Crippen molar-refractivity contribution in [2.75, 3.05) is 18.2 Å². The van der Waals surface area contributed by atoms with Crippen LogP contribution in [0.25, 0.3) is 0 Å². The molecule has 2 amide bonds. The minimum absolute atomic E-state index is 0.136. The second kappa shape index (κ2) is 13.2. The van der Waals surface area contributed by atoms with Crippen LogP contribution in [0.4, 0.5) is 5.69 Å². The standard InChI is InChI=1S/C26H31Cl2N5O3S/c1-6-33-24(21(11-15(2)3)30-25(35)18-9-8-17(27)13-19(18)28)31-32-26(33)37-14-23(34)29-20-12-16(4)7-10-22(20)36-5/h7-10,12-13,15,21H,6,11,14H2,1-5H3,(H,29,34)(H,30,35)/t21-/m0/s1. The number of carbonyl (C=O) groups is 2. The summed E-state index contributed by atoms with van der Waals surface area (Å²) < 4.78 is 7.26. The summed E-state index contributed by atoms with van der Waals surface area (Å²) in [5, 5.41) is 16.0. The number of thioether (sulfide) groups is 1. The van der Waals surface area contributed by atoms with E-state index >= 15 is 0 Å². The van der Waals surface area contributed by atoms with E-state index in [-0.39, 0.29) is 28.5 Å². The minimum Gasteiger partial charge on any atom is -0.495 e. The molecule has 0 aliphatic carbocycles. The number of hydrogen-bond acceptors (Lipinski definition) is 6. The third-order valence-electron chi connectivity index (χ3n) is 5.52. The highest BCUT2D eigenvalue weighted by Gasteiger charge is 2.25. The number of halogens is 2. The molecule has 0 saturated heterocycles. The number of carbonyl (C=O) groups excluding carboxylic acids is 2. The first-order chi connectivity index (χ1) is 17.6. The van der Waals surface area contributed by atoms with Gasteiger partial charge in [-0.25, -0.2) is 0 Å². The number of nitrogens with one attached hydrogen (secondary N) is 2. The number of rotatable bonds is 11. The lowest BCUT2D eigenvalue weighted by Crippen LogP contribution is -2.32. The molecule has 0 bridgehead atoms. The molecular formula is C26H31Cl2N5O3S. The van der Waals surface area contributed by atoms with Crippen LogP contribution in [0, 0.1) is 12.8 Å².